The molecule has 104 valence electrons. The van der Waals surface area contributed by atoms with E-state index in [4.69, 9.17) is 0 Å². The van der Waals surface area contributed by atoms with Crippen LogP contribution in [0.3, 0.4) is 0 Å². The first-order chi connectivity index (χ1) is 8.72. The summed E-state index contributed by atoms with van der Waals surface area (Å²) < 4.78 is 0. The van der Waals surface area contributed by atoms with Crippen molar-refractivity contribution in [1.29, 1.82) is 0 Å². The van der Waals surface area contributed by atoms with E-state index in [-0.39, 0.29) is 0 Å². The van der Waals surface area contributed by atoms with Gasteiger partial charge >= 0.3 is 0 Å². The quantitative estimate of drug-likeness (QED) is 0.828. The molecular weight excluding hydrogens is 220 g/mol. The molecule has 2 nitrogen and oxygen atoms in total. The van der Waals surface area contributed by atoms with Gasteiger partial charge in [0.15, 0.2) is 0 Å². The lowest BCUT2D eigenvalue weighted by Crippen LogP contribution is -2.58. The Bertz CT molecular complexity index is 268. The Morgan fingerprint density at radius 3 is 2.44 bits per heavy atom. The predicted octanol–water partition coefficient (Wildman–Crippen LogP) is 2.89. The molecule has 0 aromatic carbocycles. The van der Waals surface area contributed by atoms with Crippen LogP contribution in [0, 0.1) is 17.8 Å². The minimum absolute atomic E-state index is 0.809. The molecule has 0 aromatic rings. The van der Waals surface area contributed by atoms with Crippen molar-refractivity contribution in [2.45, 2.75) is 64.5 Å². The summed E-state index contributed by atoms with van der Waals surface area (Å²) in [4.78, 5) is 2.67. The van der Waals surface area contributed by atoms with Crippen LogP contribution in [0.4, 0.5) is 0 Å². The van der Waals surface area contributed by atoms with Crippen LogP contribution in [0.5, 0.6) is 0 Å². The molecule has 4 aliphatic rings. The van der Waals surface area contributed by atoms with Gasteiger partial charge < -0.3 is 10.2 Å². The Kier molecular flexibility index (Phi) is 3.95. The van der Waals surface area contributed by atoms with E-state index >= 15 is 0 Å². The second kappa shape index (κ2) is 5.50. The van der Waals surface area contributed by atoms with Crippen LogP contribution in [0.1, 0.15) is 52.4 Å². The van der Waals surface area contributed by atoms with Crippen molar-refractivity contribution in [2.24, 2.45) is 17.8 Å². The topological polar surface area (TPSA) is 15.3 Å². The molecule has 0 aromatic heterocycles. The standard InChI is InChI=1S/C16H30N2/c1-12(2)14-4-3-5-15(10-14)17-16-11-18-8-6-13(16)7-9-18/h12-17H,3-11H2,1-2H3. The van der Waals surface area contributed by atoms with Crippen molar-refractivity contribution in [3.05, 3.63) is 0 Å². The highest BCUT2D eigenvalue weighted by Crippen LogP contribution is 2.32. The van der Waals surface area contributed by atoms with Gasteiger partial charge in [-0.2, -0.15) is 0 Å². The van der Waals surface area contributed by atoms with E-state index < -0.39 is 0 Å². The molecule has 4 fully saturated rings. The maximum Gasteiger partial charge on any atom is 0.0226 e. The fourth-order valence-corrected chi connectivity index (χ4v) is 4.44. The summed E-state index contributed by atoms with van der Waals surface area (Å²) in [6, 6.07) is 1.63. The van der Waals surface area contributed by atoms with Crippen LogP contribution in [0.15, 0.2) is 0 Å². The zero-order valence-corrected chi connectivity index (χ0v) is 12.2. The van der Waals surface area contributed by atoms with Gasteiger partial charge in [-0.25, -0.2) is 0 Å². The van der Waals surface area contributed by atoms with Gasteiger partial charge in [0.05, 0.1) is 0 Å². The highest BCUT2D eigenvalue weighted by atomic mass is 15.2. The molecule has 4 rings (SSSR count). The largest absolute Gasteiger partial charge is 0.310 e. The second-order valence-corrected chi connectivity index (χ2v) is 7.28. The molecule has 1 N–H and O–H groups in total. The van der Waals surface area contributed by atoms with Gasteiger partial charge in [-0.15, -0.1) is 0 Å². The summed E-state index contributed by atoms with van der Waals surface area (Å²) in [6.45, 7) is 8.86. The Balaban J connectivity index is 1.53. The molecule has 3 heterocycles. The van der Waals surface area contributed by atoms with Gasteiger partial charge in [0.2, 0.25) is 0 Å². The monoisotopic (exact) mass is 250 g/mol. The second-order valence-electron chi connectivity index (χ2n) is 7.28. The molecule has 3 atom stereocenters. The number of piperidine rings is 3. The molecule has 3 aliphatic heterocycles. The average Bonchev–Trinajstić information content (AvgIpc) is 2.40. The van der Waals surface area contributed by atoms with Crippen molar-refractivity contribution in [3.63, 3.8) is 0 Å². The molecule has 3 saturated heterocycles. The maximum absolute atomic E-state index is 4.03. The first-order valence-corrected chi connectivity index (χ1v) is 8.21. The van der Waals surface area contributed by atoms with Crippen LogP contribution in [-0.2, 0) is 0 Å². The van der Waals surface area contributed by atoms with Crippen molar-refractivity contribution in [3.8, 4) is 0 Å². The number of nitrogens with zero attached hydrogens (tertiary/aromatic N) is 1. The van der Waals surface area contributed by atoms with Crippen molar-refractivity contribution in [1.82, 2.24) is 10.2 Å². The van der Waals surface area contributed by atoms with Crippen molar-refractivity contribution >= 4 is 0 Å². The van der Waals surface area contributed by atoms with Crippen LogP contribution >= 0.6 is 0 Å². The van der Waals surface area contributed by atoms with E-state index in [0.717, 1.165) is 29.8 Å². The highest BCUT2D eigenvalue weighted by molar-refractivity contribution is 4.93. The molecule has 1 aliphatic carbocycles. The molecule has 18 heavy (non-hydrogen) atoms. The Labute approximate surface area is 113 Å². The fraction of sp³-hybridized carbons (Fsp3) is 1.00. The molecule has 2 bridgehead atoms. The summed E-state index contributed by atoms with van der Waals surface area (Å²) in [5, 5.41) is 4.03. The van der Waals surface area contributed by atoms with Gasteiger partial charge in [0, 0.05) is 18.6 Å². The summed E-state index contributed by atoms with van der Waals surface area (Å²) in [5.74, 6) is 2.83. The van der Waals surface area contributed by atoms with Gasteiger partial charge in [-0.05, 0) is 56.5 Å². The van der Waals surface area contributed by atoms with Gasteiger partial charge in [0.1, 0.15) is 0 Å². The van der Waals surface area contributed by atoms with E-state index in [9.17, 15) is 0 Å². The van der Waals surface area contributed by atoms with Crippen LogP contribution in [-0.4, -0.2) is 36.6 Å². The van der Waals surface area contributed by atoms with E-state index in [2.05, 4.69) is 24.1 Å². The first kappa shape index (κ1) is 12.9. The first-order valence-electron chi connectivity index (χ1n) is 8.21. The number of rotatable bonds is 3. The smallest absolute Gasteiger partial charge is 0.0226 e. The van der Waals surface area contributed by atoms with E-state index in [1.165, 1.54) is 58.2 Å². The summed E-state index contributed by atoms with van der Waals surface area (Å²) in [6.07, 6.45) is 8.65. The lowest BCUT2D eigenvalue weighted by molar-refractivity contribution is 0.0603. The van der Waals surface area contributed by atoms with Gasteiger partial charge in [0.25, 0.3) is 0 Å². The zero-order valence-electron chi connectivity index (χ0n) is 12.2. The lowest BCUT2D eigenvalue weighted by Gasteiger charge is -2.47. The van der Waals surface area contributed by atoms with Gasteiger partial charge in [-0.3, -0.25) is 0 Å². The Hall–Kier alpha value is -0.0800. The summed E-state index contributed by atoms with van der Waals surface area (Å²) in [7, 11) is 0. The summed E-state index contributed by atoms with van der Waals surface area (Å²) >= 11 is 0. The predicted molar refractivity (Wildman–Crippen MR) is 76.7 cm³/mol. The minimum atomic E-state index is 0.809. The third-order valence-electron chi connectivity index (χ3n) is 5.76. The van der Waals surface area contributed by atoms with E-state index in [0.29, 0.717) is 0 Å². The molecular formula is C16H30N2. The highest BCUT2D eigenvalue weighted by Gasteiger charge is 2.35. The molecule has 3 unspecified atom stereocenters. The third kappa shape index (κ3) is 2.75. The number of fused-ring (bicyclic) bond motifs is 3. The molecule has 1 saturated carbocycles. The molecule has 0 spiro atoms. The zero-order chi connectivity index (χ0) is 12.5. The number of hydrogen-bond donors (Lipinski definition) is 1. The molecule has 2 heteroatoms. The minimum Gasteiger partial charge on any atom is -0.310 e. The normalized spacial score (nSPS) is 44.5. The number of hydrogen-bond acceptors (Lipinski definition) is 2. The van der Waals surface area contributed by atoms with Crippen LogP contribution in [0.2, 0.25) is 0 Å². The van der Waals surface area contributed by atoms with Crippen LogP contribution < -0.4 is 5.32 Å². The fourth-order valence-electron chi connectivity index (χ4n) is 4.44. The SMILES string of the molecule is CC(C)C1CCCC(NC2CN3CCC2CC3)C1. The Morgan fingerprint density at radius 1 is 1.06 bits per heavy atom. The van der Waals surface area contributed by atoms with E-state index in [1.807, 2.05) is 0 Å². The molecule has 0 radical (unpaired) electrons. The Morgan fingerprint density at radius 2 is 1.83 bits per heavy atom. The summed E-state index contributed by atoms with van der Waals surface area (Å²) in [5.41, 5.74) is 0. The average molecular weight is 250 g/mol. The lowest BCUT2D eigenvalue weighted by atomic mass is 9.78. The molecule has 0 amide bonds. The maximum atomic E-state index is 4.03. The van der Waals surface area contributed by atoms with Crippen LogP contribution in [0.25, 0.3) is 0 Å². The van der Waals surface area contributed by atoms with Gasteiger partial charge in [-0.1, -0.05) is 26.7 Å². The third-order valence-corrected chi connectivity index (χ3v) is 5.76. The van der Waals surface area contributed by atoms with E-state index in [1.54, 1.807) is 0 Å². The number of nitrogens with one attached hydrogen (secondary N) is 1. The van der Waals surface area contributed by atoms with Crippen molar-refractivity contribution < 1.29 is 0 Å². The van der Waals surface area contributed by atoms with Crippen molar-refractivity contribution in [2.75, 3.05) is 19.6 Å².